The molecule has 0 saturated heterocycles. The topological polar surface area (TPSA) is 35.8 Å². The molecule has 1 N–H and O–H groups in total. The van der Waals surface area contributed by atoms with E-state index in [1.54, 1.807) is 0 Å². The molecule has 1 heterocycles. The molecule has 2 rings (SSSR count). The Kier molecular flexibility index (Phi) is 2.62. The van der Waals surface area contributed by atoms with E-state index in [4.69, 9.17) is 5.26 Å². The van der Waals surface area contributed by atoms with Crippen LogP contribution in [0, 0.1) is 11.3 Å². The number of aryl methyl sites for hydroxylation is 1. The molecule has 1 atom stereocenters. The number of nitriles is 1. The molecule has 1 aromatic rings. The van der Waals surface area contributed by atoms with Crippen LogP contribution in [0.1, 0.15) is 29.3 Å². The average Bonchev–Trinajstić information content (AvgIpc) is 2.62. The third kappa shape index (κ3) is 1.74. The maximum Gasteiger partial charge on any atom is 0.0845 e. The van der Waals surface area contributed by atoms with E-state index >= 15 is 0 Å². The summed E-state index contributed by atoms with van der Waals surface area (Å²) >= 11 is 1.84. The molecule has 1 aliphatic rings. The van der Waals surface area contributed by atoms with Crippen LogP contribution in [0.4, 0.5) is 0 Å². The predicted octanol–water partition coefficient (Wildman–Crippen LogP) is 2.24. The Labute approximate surface area is 82.2 Å². The van der Waals surface area contributed by atoms with Crippen molar-refractivity contribution in [2.45, 2.75) is 25.3 Å². The molecule has 0 aliphatic heterocycles. The molecule has 0 radical (unpaired) electrons. The van der Waals surface area contributed by atoms with Crippen LogP contribution in [0.3, 0.4) is 0 Å². The van der Waals surface area contributed by atoms with Gasteiger partial charge in [0.15, 0.2) is 0 Å². The molecule has 0 saturated carbocycles. The van der Waals surface area contributed by atoms with Crippen LogP contribution in [0.15, 0.2) is 11.4 Å². The van der Waals surface area contributed by atoms with Crippen molar-refractivity contribution in [1.29, 1.82) is 5.26 Å². The van der Waals surface area contributed by atoms with Gasteiger partial charge < -0.3 is 0 Å². The second-order valence-electron chi connectivity index (χ2n) is 3.28. The van der Waals surface area contributed by atoms with Crippen LogP contribution in [-0.4, -0.2) is 6.54 Å². The Morgan fingerprint density at radius 3 is 3.46 bits per heavy atom. The summed E-state index contributed by atoms with van der Waals surface area (Å²) in [7, 11) is 0. The number of nitrogens with one attached hydrogen (secondary N) is 1. The van der Waals surface area contributed by atoms with E-state index in [1.165, 1.54) is 29.7 Å². The summed E-state index contributed by atoms with van der Waals surface area (Å²) in [6.45, 7) is 0.458. The van der Waals surface area contributed by atoms with Crippen molar-refractivity contribution in [3.05, 3.63) is 21.9 Å². The lowest BCUT2D eigenvalue weighted by Crippen LogP contribution is -2.24. The molecule has 13 heavy (non-hydrogen) atoms. The van der Waals surface area contributed by atoms with Gasteiger partial charge in [-0.3, -0.25) is 5.32 Å². The van der Waals surface area contributed by atoms with Crippen LogP contribution < -0.4 is 5.32 Å². The summed E-state index contributed by atoms with van der Waals surface area (Å²) in [6.07, 6.45) is 3.64. The number of hydrogen-bond acceptors (Lipinski definition) is 3. The van der Waals surface area contributed by atoms with E-state index in [9.17, 15) is 0 Å². The zero-order chi connectivity index (χ0) is 9.10. The first-order valence-corrected chi connectivity index (χ1v) is 5.46. The van der Waals surface area contributed by atoms with E-state index in [-0.39, 0.29) is 0 Å². The highest BCUT2D eigenvalue weighted by molar-refractivity contribution is 7.10. The quantitative estimate of drug-likeness (QED) is 0.729. The third-order valence-electron chi connectivity index (χ3n) is 2.48. The van der Waals surface area contributed by atoms with E-state index < -0.39 is 0 Å². The zero-order valence-electron chi connectivity index (χ0n) is 7.42. The fraction of sp³-hybridized carbons (Fsp3) is 0.500. The van der Waals surface area contributed by atoms with Crippen molar-refractivity contribution >= 4 is 11.3 Å². The molecular formula is C10H12N2S. The first kappa shape index (κ1) is 8.74. The maximum atomic E-state index is 8.49. The Hall–Kier alpha value is -0.850. The van der Waals surface area contributed by atoms with Gasteiger partial charge in [-0.1, -0.05) is 0 Å². The van der Waals surface area contributed by atoms with Crippen LogP contribution >= 0.6 is 11.3 Å². The molecule has 0 spiro atoms. The highest BCUT2D eigenvalue weighted by atomic mass is 32.1. The molecule has 0 bridgehead atoms. The smallest absolute Gasteiger partial charge is 0.0845 e. The van der Waals surface area contributed by atoms with Gasteiger partial charge >= 0.3 is 0 Å². The first-order valence-electron chi connectivity index (χ1n) is 4.58. The monoisotopic (exact) mass is 192 g/mol. The fourth-order valence-corrected chi connectivity index (χ4v) is 2.85. The van der Waals surface area contributed by atoms with E-state index in [0.717, 1.165) is 0 Å². The zero-order valence-corrected chi connectivity index (χ0v) is 8.23. The minimum Gasteiger partial charge on any atom is -0.298 e. The summed E-state index contributed by atoms with van der Waals surface area (Å²) in [5, 5.41) is 13.9. The van der Waals surface area contributed by atoms with Crippen LogP contribution in [0.2, 0.25) is 0 Å². The third-order valence-corrected chi connectivity index (χ3v) is 3.48. The highest BCUT2D eigenvalue weighted by Gasteiger charge is 2.19. The van der Waals surface area contributed by atoms with Gasteiger partial charge in [-0.15, -0.1) is 11.3 Å². The lowest BCUT2D eigenvalue weighted by Gasteiger charge is -2.22. The van der Waals surface area contributed by atoms with Crippen molar-refractivity contribution in [3.8, 4) is 6.07 Å². The van der Waals surface area contributed by atoms with Crippen molar-refractivity contribution < 1.29 is 0 Å². The van der Waals surface area contributed by atoms with Gasteiger partial charge in [0.1, 0.15) is 0 Å². The summed E-state index contributed by atoms with van der Waals surface area (Å²) in [5.41, 5.74) is 1.42. The Bertz CT molecular complexity index is 324. The normalized spacial score (nSPS) is 20.7. The SMILES string of the molecule is N#CCNC1CCCc2sccc21. The van der Waals surface area contributed by atoms with Gasteiger partial charge in [-0.2, -0.15) is 5.26 Å². The number of rotatable bonds is 2. The van der Waals surface area contributed by atoms with E-state index in [0.29, 0.717) is 12.6 Å². The van der Waals surface area contributed by atoms with Gasteiger partial charge in [0.25, 0.3) is 0 Å². The van der Waals surface area contributed by atoms with Crippen molar-refractivity contribution in [1.82, 2.24) is 5.32 Å². The van der Waals surface area contributed by atoms with Crippen molar-refractivity contribution in [3.63, 3.8) is 0 Å². The number of thiophene rings is 1. The molecular weight excluding hydrogens is 180 g/mol. The Morgan fingerprint density at radius 2 is 2.62 bits per heavy atom. The standard InChI is InChI=1S/C10H12N2S/c11-5-6-12-9-2-1-3-10-8(9)4-7-13-10/h4,7,9,12H,1-3,6H2. The summed E-state index contributed by atoms with van der Waals surface area (Å²) < 4.78 is 0. The molecule has 2 nitrogen and oxygen atoms in total. The van der Waals surface area contributed by atoms with E-state index in [1.807, 2.05) is 11.3 Å². The lowest BCUT2D eigenvalue weighted by molar-refractivity contribution is 0.487. The van der Waals surface area contributed by atoms with Crippen molar-refractivity contribution in [2.75, 3.05) is 6.54 Å². The molecule has 0 amide bonds. The first-order chi connectivity index (χ1) is 6.42. The van der Waals surface area contributed by atoms with Gasteiger partial charge in [0.2, 0.25) is 0 Å². The number of hydrogen-bond donors (Lipinski definition) is 1. The molecule has 3 heteroatoms. The van der Waals surface area contributed by atoms with Gasteiger partial charge in [0, 0.05) is 10.9 Å². The molecule has 1 aliphatic carbocycles. The second kappa shape index (κ2) is 3.91. The predicted molar refractivity (Wildman–Crippen MR) is 53.6 cm³/mol. The average molecular weight is 192 g/mol. The number of nitrogens with zero attached hydrogens (tertiary/aromatic N) is 1. The molecule has 1 aromatic heterocycles. The Balaban J connectivity index is 2.12. The Morgan fingerprint density at radius 1 is 1.69 bits per heavy atom. The van der Waals surface area contributed by atoms with Crippen molar-refractivity contribution in [2.24, 2.45) is 0 Å². The fourth-order valence-electron chi connectivity index (χ4n) is 1.87. The molecule has 0 fully saturated rings. The minimum absolute atomic E-state index is 0.426. The van der Waals surface area contributed by atoms with Crippen LogP contribution in [-0.2, 0) is 6.42 Å². The van der Waals surface area contributed by atoms with Gasteiger partial charge in [0.05, 0.1) is 12.6 Å². The van der Waals surface area contributed by atoms with Crippen LogP contribution in [0.25, 0.3) is 0 Å². The highest BCUT2D eigenvalue weighted by Crippen LogP contribution is 2.32. The largest absolute Gasteiger partial charge is 0.298 e. The molecule has 1 unspecified atom stereocenters. The van der Waals surface area contributed by atoms with Gasteiger partial charge in [-0.05, 0) is 36.3 Å². The van der Waals surface area contributed by atoms with E-state index in [2.05, 4.69) is 22.8 Å². The molecule has 68 valence electrons. The summed E-state index contributed by atoms with van der Waals surface area (Å²) in [4.78, 5) is 1.50. The summed E-state index contributed by atoms with van der Waals surface area (Å²) in [5.74, 6) is 0. The van der Waals surface area contributed by atoms with Crippen LogP contribution in [0.5, 0.6) is 0 Å². The summed E-state index contributed by atoms with van der Waals surface area (Å²) in [6, 6.07) is 4.74. The molecule has 0 aromatic carbocycles. The lowest BCUT2D eigenvalue weighted by atomic mass is 9.94. The maximum absolute atomic E-state index is 8.49. The van der Waals surface area contributed by atoms with Gasteiger partial charge in [-0.25, -0.2) is 0 Å². The second-order valence-corrected chi connectivity index (χ2v) is 4.28. The number of fused-ring (bicyclic) bond motifs is 1. The minimum atomic E-state index is 0.426.